The van der Waals surface area contributed by atoms with Crippen LogP contribution in [0.1, 0.15) is 15.9 Å². The number of anilines is 1. The van der Waals surface area contributed by atoms with Gasteiger partial charge in [0.25, 0.3) is 5.91 Å². The Morgan fingerprint density at radius 1 is 1.29 bits per heavy atom. The van der Waals surface area contributed by atoms with E-state index in [9.17, 15) is 18.0 Å². The summed E-state index contributed by atoms with van der Waals surface area (Å²) in [5.41, 5.74) is 0.970. The van der Waals surface area contributed by atoms with Crippen molar-refractivity contribution < 1.29 is 22.7 Å². The number of carbonyl (C=O) groups excluding carboxylic acids is 1. The number of alkyl halides is 3. The second-order valence-corrected chi connectivity index (χ2v) is 5.00. The molecular weight excluding hydrogens is 323 g/mol. The van der Waals surface area contributed by atoms with Crippen LogP contribution in [0.4, 0.5) is 19.0 Å². The van der Waals surface area contributed by atoms with Gasteiger partial charge < -0.3 is 15.0 Å². The number of benzene rings is 1. The van der Waals surface area contributed by atoms with Crippen molar-refractivity contribution in [2.75, 3.05) is 19.0 Å². The molecule has 5 nitrogen and oxygen atoms in total. The molecule has 0 aliphatic carbocycles. The summed E-state index contributed by atoms with van der Waals surface area (Å²) in [5, 5.41) is 2.52. The fourth-order valence-corrected chi connectivity index (χ4v) is 2.20. The van der Waals surface area contributed by atoms with Crippen LogP contribution in [-0.4, -0.2) is 31.3 Å². The van der Waals surface area contributed by atoms with Crippen molar-refractivity contribution in [3.63, 3.8) is 0 Å². The molecule has 1 amide bonds. The highest BCUT2D eigenvalue weighted by Crippen LogP contribution is 2.24. The molecule has 1 heterocycles. The van der Waals surface area contributed by atoms with E-state index >= 15 is 0 Å². The van der Waals surface area contributed by atoms with Crippen molar-refractivity contribution in [3.8, 4) is 5.75 Å². The van der Waals surface area contributed by atoms with Crippen molar-refractivity contribution in [2.45, 2.75) is 12.9 Å². The van der Waals surface area contributed by atoms with Crippen molar-refractivity contribution in [3.05, 3.63) is 53.7 Å². The summed E-state index contributed by atoms with van der Waals surface area (Å²) in [7, 11) is 3.21. The molecule has 0 spiro atoms. The highest BCUT2D eigenvalue weighted by Gasteiger charge is 2.31. The molecule has 1 aromatic heterocycles. The zero-order valence-corrected chi connectivity index (χ0v) is 13.1. The van der Waals surface area contributed by atoms with Crippen molar-refractivity contribution in [2.24, 2.45) is 0 Å². The average Bonchev–Trinajstić information content (AvgIpc) is 2.52. The number of hydrogen-bond donors (Lipinski definition) is 1. The molecule has 0 bridgehead atoms. The number of amides is 1. The summed E-state index contributed by atoms with van der Waals surface area (Å²) < 4.78 is 40.8. The maximum absolute atomic E-state index is 12.3. The highest BCUT2D eigenvalue weighted by molar-refractivity contribution is 5.98. The summed E-state index contributed by atoms with van der Waals surface area (Å²) in [4.78, 5) is 17.7. The Morgan fingerprint density at radius 2 is 2.04 bits per heavy atom. The minimum atomic E-state index is -4.74. The minimum absolute atomic E-state index is 0.260. The maximum Gasteiger partial charge on any atom is 0.573 e. The van der Waals surface area contributed by atoms with Crippen molar-refractivity contribution >= 4 is 11.7 Å². The van der Waals surface area contributed by atoms with Gasteiger partial charge in [0.1, 0.15) is 11.6 Å². The van der Waals surface area contributed by atoms with Crippen LogP contribution >= 0.6 is 0 Å². The highest BCUT2D eigenvalue weighted by atomic mass is 19.4. The minimum Gasteiger partial charge on any atom is -0.406 e. The van der Waals surface area contributed by atoms with Gasteiger partial charge in [-0.3, -0.25) is 4.79 Å². The third kappa shape index (κ3) is 4.61. The van der Waals surface area contributed by atoms with E-state index in [1.54, 1.807) is 36.3 Å². The SMILES string of the molecule is CNC(=O)c1cccnc1N(C)Cc1cccc(OC(F)(F)F)c1. The number of nitrogens with zero attached hydrogens (tertiary/aromatic N) is 2. The van der Waals surface area contributed by atoms with Gasteiger partial charge in [0.15, 0.2) is 0 Å². The number of hydrogen-bond acceptors (Lipinski definition) is 4. The van der Waals surface area contributed by atoms with Gasteiger partial charge in [0.2, 0.25) is 0 Å². The molecule has 128 valence electrons. The standard InChI is InChI=1S/C16H16F3N3O2/c1-20-15(23)13-7-4-8-21-14(13)22(2)10-11-5-3-6-12(9-11)24-16(17,18)19/h3-9H,10H2,1-2H3,(H,20,23). The normalized spacial score (nSPS) is 11.0. The smallest absolute Gasteiger partial charge is 0.406 e. The first-order valence-electron chi connectivity index (χ1n) is 7.03. The summed E-state index contributed by atoms with van der Waals surface area (Å²) in [5.74, 6) is -0.154. The molecular formula is C16H16F3N3O2. The van der Waals surface area contributed by atoms with E-state index in [0.29, 0.717) is 16.9 Å². The second kappa shape index (κ2) is 7.20. The quantitative estimate of drug-likeness (QED) is 0.910. The summed E-state index contributed by atoms with van der Waals surface area (Å²) in [6.45, 7) is 0.260. The van der Waals surface area contributed by atoms with Crippen LogP contribution in [-0.2, 0) is 6.54 Å². The number of pyridine rings is 1. The Hall–Kier alpha value is -2.77. The lowest BCUT2D eigenvalue weighted by Gasteiger charge is -2.21. The third-order valence-corrected chi connectivity index (χ3v) is 3.17. The first-order valence-corrected chi connectivity index (χ1v) is 7.03. The lowest BCUT2D eigenvalue weighted by atomic mass is 10.2. The van der Waals surface area contributed by atoms with E-state index in [0.717, 1.165) is 0 Å². The third-order valence-electron chi connectivity index (χ3n) is 3.17. The maximum atomic E-state index is 12.3. The van der Waals surface area contributed by atoms with Gasteiger partial charge in [-0.15, -0.1) is 13.2 Å². The fourth-order valence-electron chi connectivity index (χ4n) is 2.20. The van der Waals surface area contributed by atoms with Crippen LogP contribution in [0.5, 0.6) is 5.75 Å². The number of carbonyl (C=O) groups is 1. The molecule has 8 heteroatoms. The molecule has 0 radical (unpaired) electrons. The molecule has 0 unspecified atom stereocenters. The van der Waals surface area contributed by atoms with Gasteiger partial charge in [0.05, 0.1) is 5.56 Å². The average molecular weight is 339 g/mol. The van der Waals surface area contributed by atoms with Crippen LogP contribution in [0.15, 0.2) is 42.6 Å². The molecule has 24 heavy (non-hydrogen) atoms. The van der Waals surface area contributed by atoms with E-state index in [2.05, 4.69) is 15.0 Å². The van der Waals surface area contributed by atoms with Crippen molar-refractivity contribution in [1.82, 2.24) is 10.3 Å². The molecule has 1 N–H and O–H groups in total. The Kier molecular flexibility index (Phi) is 5.28. The van der Waals surface area contributed by atoms with Gasteiger partial charge in [-0.25, -0.2) is 4.98 Å². The van der Waals surface area contributed by atoms with E-state index in [1.807, 2.05) is 0 Å². The van der Waals surface area contributed by atoms with Gasteiger partial charge in [-0.1, -0.05) is 12.1 Å². The molecule has 0 saturated heterocycles. The lowest BCUT2D eigenvalue weighted by molar-refractivity contribution is -0.274. The second-order valence-electron chi connectivity index (χ2n) is 5.00. The van der Waals surface area contributed by atoms with Crippen LogP contribution in [0.3, 0.4) is 0 Å². The largest absolute Gasteiger partial charge is 0.573 e. The molecule has 2 rings (SSSR count). The van der Waals surface area contributed by atoms with Crippen LogP contribution < -0.4 is 15.0 Å². The number of rotatable bonds is 5. The summed E-state index contributed by atoms with van der Waals surface area (Å²) in [6, 6.07) is 8.94. The molecule has 0 atom stereocenters. The predicted molar refractivity (Wildman–Crippen MR) is 82.9 cm³/mol. The molecule has 1 aromatic carbocycles. The molecule has 0 aliphatic rings. The Morgan fingerprint density at radius 3 is 2.71 bits per heavy atom. The number of nitrogens with one attached hydrogen (secondary N) is 1. The zero-order valence-electron chi connectivity index (χ0n) is 13.1. The summed E-state index contributed by atoms with van der Waals surface area (Å²) >= 11 is 0. The Labute approximate surface area is 137 Å². The van der Waals surface area contributed by atoms with Gasteiger partial charge >= 0.3 is 6.36 Å². The first kappa shape index (κ1) is 17.6. The Balaban J connectivity index is 2.20. The predicted octanol–water partition coefficient (Wildman–Crippen LogP) is 2.98. The lowest BCUT2D eigenvalue weighted by Crippen LogP contribution is -2.25. The molecule has 2 aromatic rings. The molecule has 0 saturated carbocycles. The number of ether oxygens (including phenoxy) is 1. The van der Waals surface area contributed by atoms with Crippen molar-refractivity contribution in [1.29, 1.82) is 0 Å². The number of aromatic nitrogens is 1. The monoisotopic (exact) mass is 339 g/mol. The fraction of sp³-hybridized carbons (Fsp3) is 0.250. The van der Waals surface area contributed by atoms with Crippen LogP contribution in [0.2, 0.25) is 0 Å². The van der Waals surface area contributed by atoms with E-state index in [4.69, 9.17) is 0 Å². The van der Waals surface area contributed by atoms with Gasteiger partial charge in [-0.2, -0.15) is 0 Å². The van der Waals surface area contributed by atoms with Crippen LogP contribution in [0.25, 0.3) is 0 Å². The zero-order chi connectivity index (χ0) is 17.7. The topological polar surface area (TPSA) is 54.5 Å². The Bertz CT molecular complexity index is 720. The van der Waals surface area contributed by atoms with E-state index < -0.39 is 6.36 Å². The molecule has 0 aliphatic heterocycles. The van der Waals surface area contributed by atoms with Gasteiger partial charge in [-0.05, 0) is 29.8 Å². The number of halogens is 3. The van der Waals surface area contributed by atoms with Crippen LogP contribution in [0, 0.1) is 0 Å². The first-order chi connectivity index (χ1) is 11.3. The van der Waals surface area contributed by atoms with Gasteiger partial charge in [0, 0.05) is 26.8 Å². The van der Waals surface area contributed by atoms with E-state index in [1.165, 1.54) is 25.2 Å². The van der Waals surface area contributed by atoms with E-state index in [-0.39, 0.29) is 18.2 Å². The summed E-state index contributed by atoms with van der Waals surface area (Å²) in [6.07, 6.45) is -3.20. The molecule has 0 fully saturated rings.